The molecule has 2 atom stereocenters. The second-order valence-corrected chi connectivity index (χ2v) is 3.56. The Morgan fingerprint density at radius 2 is 2.14 bits per heavy atom. The summed E-state index contributed by atoms with van der Waals surface area (Å²) in [5, 5.41) is 9.74. The number of rotatable bonds is 2. The minimum atomic E-state index is -0.291. The second-order valence-electron chi connectivity index (χ2n) is 3.56. The van der Waals surface area contributed by atoms with Gasteiger partial charge < -0.3 is 9.84 Å². The normalized spacial score (nSPS) is 26.4. The van der Waals surface area contributed by atoms with E-state index in [0.717, 1.165) is 25.0 Å². The van der Waals surface area contributed by atoms with Crippen LogP contribution in [0.4, 0.5) is 0 Å². The summed E-state index contributed by atoms with van der Waals surface area (Å²) >= 11 is 0. The molecule has 0 saturated heterocycles. The lowest BCUT2D eigenvalue weighted by Gasteiger charge is -2.15. The predicted molar refractivity (Wildman–Crippen MR) is 51.2 cm³/mol. The zero-order valence-corrected chi connectivity index (χ0v) is 8.18. The average molecular weight is 194 g/mol. The van der Waals surface area contributed by atoms with Gasteiger partial charge in [-0.05, 0) is 12.8 Å². The van der Waals surface area contributed by atoms with Crippen molar-refractivity contribution in [1.82, 2.24) is 9.97 Å². The van der Waals surface area contributed by atoms with Crippen LogP contribution < -0.4 is 4.74 Å². The standard InChI is InChI=1S/C10H14N2O2/c1-14-10-9(11-5-6-12-10)7-3-2-4-8(7)13/h5-8,13H,2-4H2,1H3. The maximum atomic E-state index is 9.74. The molecular weight excluding hydrogens is 180 g/mol. The van der Waals surface area contributed by atoms with Crippen LogP contribution in [0, 0.1) is 0 Å². The molecule has 2 rings (SSSR count). The van der Waals surface area contributed by atoms with Gasteiger partial charge in [-0.25, -0.2) is 4.98 Å². The number of hydrogen-bond donors (Lipinski definition) is 1. The number of nitrogens with zero attached hydrogens (tertiary/aromatic N) is 2. The lowest BCUT2D eigenvalue weighted by atomic mass is 10.0. The molecule has 1 aliphatic rings. The highest BCUT2D eigenvalue weighted by molar-refractivity contribution is 5.23. The molecule has 14 heavy (non-hydrogen) atoms. The van der Waals surface area contributed by atoms with Crippen LogP contribution >= 0.6 is 0 Å². The van der Waals surface area contributed by atoms with E-state index >= 15 is 0 Å². The summed E-state index contributed by atoms with van der Waals surface area (Å²) in [5.41, 5.74) is 0.792. The van der Waals surface area contributed by atoms with Crippen molar-refractivity contribution in [2.24, 2.45) is 0 Å². The summed E-state index contributed by atoms with van der Waals surface area (Å²) in [4.78, 5) is 8.31. The first-order valence-electron chi connectivity index (χ1n) is 4.86. The first kappa shape index (κ1) is 9.40. The van der Waals surface area contributed by atoms with Gasteiger partial charge in [-0.2, -0.15) is 0 Å². The molecule has 1 fully saturated rings. The Kier molecular flexibility index (Phi) is 2.63. The number of aliphatic hydroxyl groups excluding tert-OH is 1. The molecule has 1 heterocycles. The third-order valence-electron chi connectivity index (χ3n) is 2.72. The summed E-state index contributed by atoms with van der Waals surface area (Å²) < 4.78 is 5.12. The number of ether oxygens (including phenoxy) is 1. The van der Waals surface area contributed by atoms with Gasteiger partial charge in [-0.3, -0.25) is 4.98 Å². The van der Waals surface area contributed by atoms with Gasteiger partial charge in [-0.15, -0.1) is 0 Å². The van der Waals surface area contributed by atoms with Gasteiger partial charge in [0.1, 0.15) is 5.69 Å². The van der Waals surface area contributed by atoms with Gasteiger partial charge in [0.25, 0.3) is 0 Å². The van der Waals surface area contributed by atoms with Crippen LogP contribution in [-0.4, -0.2) is 28.3 Å². The maximum Gasteiger partial charge on any atom is 0.235 e. The highest BCUT2D eigenvalue weighted by Gasteiger charge is 2.30. The van der Waals surface area contributed by atoms with Crippen LogP contribution in [-0.2, 0) is 0 Å². The van der Waals surface area contributed by atoms with Gasteiger partial charge in [0.15, 0.2) is 0 Å². The van der Waals surface area contributed by atoms with Crippen LogP contribution in [0.25, 0.3) is 0 Å². The summed E-state index contributed by atoms with van der Waals surface area (Å²) in [5.74, 6) is 0.636. The number of hydrogen-bond acceptors (Lipinski definition) is 4. The molecular formula is C10H14N2O2. The second kappa shape index (κ2) is 3.92. The molecule has 0 aliphatic heterocycles. The van der Waals surface area contributed by atoms with Crippen LogP contribution in [0.3, 0.4) is 0 Å². The van der Waals surface area contributed by atoms with E-state index in [9.17, 15) is 5.11 Å². The molecule has 0 bridgehead atoms. The molecule has 1 aliphatic carbocycles. The van der Waals surface area contributed by atoms with Gasteiger partial charge in [0.05, 0.1) is 13.2 Å². The summed E-state index contributed by atoms with van der Waals surface area (Å²) in [6.07, 6.45) is 5.82. The Morgan fingerprint density at radius 1 is 1.36 bits per heavy atom. The molecule has 0 spiro atoms. The van der Waals surface area contributed by atoms with E-state index in [-0.39, 0.29) is 12.0 Å². The Balaban J connectivity index is 2.30. The van der Waals surface area contributed by atoms with Crippen LogP contribution in [0.15, 0.2) is 12.4 Å². The number of aromatic nitrogens is 2. The van der Waals surface area contributed by atoms with Crippen molar-refractivity contribution in [2.75, 3.05) is 7.11 Å². The SMILES string of the molecule is COc1nccnc1C1CCCC1O. The minimum absolute atomic E-state index is 0.0960. The fourth-order valence-electron chi connectivity index (χ4n) is 2.01. The molecule has 1 saturated carbocycles. The Morgan fingerprint density at radius 3 is 2.79 bits per heavy atom. The first-order chi connectivity index (χ1) is 6.83. The van der Waals surface area contributed by atoms with Crippen molar-refractivity contribution < 1.29 is 9.84 Å². The molecule has 1 aromatic rings. The molecule has 1 N–H and O–H groups in total. The van der Waals surface area contributed by atoms with E-state index in [0.29, 0.717) is 5.88 Å². The summed E-state index contributed by atoms with van der Waals surface area (Å²) in [7, 11) is 1.58. The predicted octanol–water partition coefficient (Wildman–Crippen LogP) is 1.11. The van der Waals surface area contributed by atoms with Crippen molar-refractivity contribution in [2.45, 2.75) is 31.3 Å². The highest BCUT2D eigenvalue weighted by atomic mass is 16.5. The smallest absolute Gasteiger partial charge is 0.235 e. The fraction of sp³-hybridized carbons (Fsp3) is 0.600. The third kappa shape index (κ3) is 1.57. The molecule has 0 aromatic carbocycles. The highest BCUT2D eigenvalue weighted by Crippen LogP contribution is 2.36. The Labute approximate surface area is 83.0 Å². The van der Waals surface area contributed by atoms with Gasteiger partial charge in [0.2, 0.25) is 5.88 Å². The molecule has 4 nitrogen and oxygen atoms in total. The maximum absolute atomic E-state index is 9.74. The van der Waals surface area contributed by atoms with Gasteiger partial charge in [0, 0.05) is 18.3 Å². The van der Waals surface area contributed by atoms with Crippen molar-refractivity contribution in [1.29, 1.82) is 0 Å². The van der Waals surface area contributed by atoms with Crippen LogP contribution in [0.1, 0.15) is 30.9 Å². The molecule has 4 heteroatoms. The fourth-order valence-corrected chi connectivity index (χ4v) is 2.01. The molecule has 76 valence electrons. The van der Waals surface area contributed by atoms with Crippen LogP contribution in [0.2, 0.25) is 0 Å². The van der Waals surface area contributed by atoms with Crippen molar-refractivity contribution >= 4 is 0 Å². The van der Waals surface area contributed by atoms with E-state index in [2.05, 4.69) is 9.97 Å². The number of methoxy groups -OCH3 is 1. The van der Waals surface area contributed by atoms with E-state index in [1.807, 2.05) is 0 Å². The van der Waals surface area contributed by atoms with E-state index in [1.165, 1.54) is 0 Å². The average Bonchev–Trinajstić information content (AvgIpc) is 2.64. The van der Waals surface area contributed by atoms with E-state index in [4.69, 9.17) is 4.74 Å². The van der Waals surface area contributed by atoms with Crippen molar-refractivity contribution in [3.63, 3.8) is 0 Å². The van der Waals surface area contributed by atoms with Gasteiger partial charge in [-0.1, -0.05) is 6.42 Å². The van der Waals surface area contributed by atoms with E-state index in [1.54, 1.807) is 19.5 Å². The van der Waals surface area contributed by atoms with Crippen molar-refractivity contribution in [3.05, 3.63) is 18.1 Å². The monoisotopic (exact) mass is 194 g/mol. The third-order valence-corrected chi connectivity index (χ3v) is 2.72. The lowest BCUT2D eigenvalue weighted by Crippen LogP contribution is -2.14. The van der Waals surface area contributed by atoms with E-state index < -0.39 is 0 Å². The first-order valence-corrected chi connectivity index (χ1v) is 4.86. The minimum Gasteiger partial charge on any atom is -0.480 e. The summed E-state index contributed by atoms with van der Waals surface area (Å²) in [6.45, 7) is 0. The summed E-state index contributed by atoms with van der Waals surface area (Å²) in [6, 6.07) is 0. The molecule has 2 unspecified atom stereocenters. The molecule has 1 aromatic heterocycles. The largest absolute Gasteiger partial charge is 0.480 e. The van der Waals surface area contributed by atoms with Crippen LogP contribution in [0.5, 0.6) is 5.88 Å². The van der Waals surface area contributed by atoms with Crippen molar-refractivity contribution in [3.8, 4) is 5.88 Å². The topological polar surface area (TPSA) is 55.2 Å². The quantitative estimate of drug-likeness (QED) is 0.766. The van der Waals surface area contributed by atoms with Gasteiger partial charge >= 0.3 is 0 Å². The molecule has 0 amide bonds. The lowest BCUT2D eigenvalue weighted by molar-refractivity contribution is 0.160. The Hall–Kier alpha value is -1.16. The Bertz CT molecular complexity index is 317. The zero-order valence-electron chi connectivity index (χ0n) is 8.18. The number of aliphatic hydroxyl groups is 1. The molecule has 0 radical (unpaired) electrons. The zero-order chi connectivity index (χ0) is 9.97.